The first-order valence-corrected chi connectivity index (χ1v) is 9.46. The van der Waals surface area contributed by atoms with Gasteiger partial charge in [0.05, 0.1) is 13.2 Å². The number of hydrogen-bond acceptors (Lipinski definition) is 5. The number of carbonyl (C=O) groups excluding carboxylic acids is 2. The number of halogens is 1. The zero-order valence-electron chi connectivity index (χ0n) is 17.6. The maximum atomic E-state index is 11.9. The van der Waals surface area contributed by atoms with Gasteiger partial charge in [0.1, 0.15) is 5.60 Å². The summed E-state index contributed by atoms with van der Waals surface area (Å²) in [6, 6.07) is 0.379. The van der Waals surface area contributed by atoms with Gasteiger partial charge in [0.15, 0.2) is 5.96 Å². The average Bonchev–Trinajstić information content (AvgIpc) is 2.58. The maximum absolute atomic E-state index is 11.9. The lowest BCUT2D eigenvalue weighted by molar-refractivity contribution is -0.120. The minimum absolute atomic E-state index is 0. The number of hydrogen-bond donors (Lipinski definition) is 4. The lowest BCUT2D eigenvalue weighted by atomic mass is 9.91. The Balaban J connectivity index is 0.00000729. The monoisotopic (exact) mass is 513 g/mol. The van der Waals surface area contributed by atoms with Crippen LogP contribution in [0.2, 0.25) is 0 Å². The summed E-state index contributed by atoms with van der Waals surface area (Å²) in [7, 11) is 3.27. The molecule has 0 aromatic heterocycles. The van der Waals surface area contributed by atoms with Crippen LogP contribution in [0.5, 0.6) is 0 Å². The van der Waals surface area contributed by atoms with E-state index in [1.54, 1.807) is 14.2 Å². The zero-order chi connectivity index (χ0) is 20.3. The van der Waals surface area contributed by atoms with Crippen LogP contribution in [0.15, 0.2) is 4.99 Å². The number of nitrogens with zero attached hydrogens (tertiary/aromatic N) is 1. The molecular weight excluding hydrogens is 477 g/mol. The minimum atomic E-state index is -0.489. The molecule has 9 nitrogen and oxygen atoms in total. The van der Waals surface area contributed by atoms with Crippen LogP contribution in [0.3, 0.4) is 0 Å². The van der Waals surface area contributed by atoms with E-state index >= 15 is 0 Å². The van der Waals surface area contributed by atoms with E-state index < -0.39 is 5.60 Å². The Labute approximate surface area is 185 Å². The van der Waals surface area contributed by atoms with E-state index in [9.17, 15) is 9.59 Å². The van der Waals surface area contributed by atoms with Gasteiger partial charge in [-0.05, 0) is 46.5 Å². The normalized spacial score (nSPS) is 19.8. The molecule has 0 heterocycles. The second-order valence-electron chi connectivity index (χ2n) is 7.61. The second-order valence-corrected chi connectivity index (χ2v) is 7.61. The van der Waals surface area contributed by atoms with Crippen LogP contribution >= 0.6 is 24.0 Å². The van der Waals surface area contributed by atoms with E-state index in [1.807, 2.05) is 20.8 Å². The van der Waals surface area contributed by atoms with Gasteiger partial charge in [-0.25, -0.2) is 4.79 Å². The van der Waals surface area contributed by atoms with Crippen LogP contribution in [-0.4, -0.2) is 69.5 Å². The summed E-state index contributed by atoms with van der Waals surface area (Å²) < 4.78 is 10.2. The smallest absolute Gasteiger partial charge is 0.407 e. The number of nitrogens with one attached hydrogen (secondary N) is 4. The third-order valence-electron chi connectivity index (χ3n) is 4.06. The van der Waals surface area contributed by atoms with Crippen LogP contribution in [0, 0.1) is 0 Å². The zero-order valence-corrected chi connectivity index (χ0v) is 19.9. The number of carbonyl (C=O) groups is 2. The summed E-state index contributed by atoms with van der Waals surface area (Å²) in [6.07, 6.45) is 3.18. The molecule has 1 fully saturated rings. The van der Waals surface area contributed by atoms with Crippen LogP contribution in [0.25, 0.3) is 0 Å². The molecule has 164 valence electrons. The fourth-order valence-corrected chi connectivity index (χ4v) is 2.76. The largest absolute Gasteiger partial charge is 0.444 e. The summed E-state index contributed by atoms with van der Waals surface area (Å²) in [6.45, 7) is 6.67. The highest BCUT2D eigenvalue weighted by Gasteiger charge is 2.25. The molecule has 1 saturated carbocycles. The Bertz CT molecular complexity index is 503. The topological polar surface area (TPSA) is 113 Å². The van der Waals surface area contributed by atoms with Crippen molar-refractivity contribution in [1.29, 1.82) is 0 Å². The standard InChI is InChI=1S/C18H35N5O4.HI/c1-18(2,3)27-17(25)23-14-8-6-13(7-9-14)22-16(19-4)21-12-15(24)20-10-11-26-5;/h13-14H,6-12H2,1-5H3,(H,20,24)(H,23,25)(H2,19,21,22);1H. The first-order chi connectivity index (χ1) is 12.7. The molecule has 10 heteroatoms. The minimum Gasteiger partial charge on any atom is -0.444 e. The second kappa shape index (κ2) is 13.8. The highest BCUT2D eigenvalue weighted by molar-refractivity contribution is 14.0. The molecule has 0 aromatic carbocycles. The van der Waals surface area contributed by atoms with Crippen molar-refractivity contribution < 1.29 is 19.1 Å². The van der Waals surface area contributed by atoms with Gasteiger partial charge in [-0.3, -0.25) is 9.79 Å². The Morgan fingerprint density at radius 3 is 2.11 bits per heavy atom. The third kappa shape index (κ3) is 12.2. The van der Waals surface area contributed by atoms with Crippen LogP contribution in [0.4, 0.5) is 4.79 Å². The molecule has 0 spiro atoms. The van der Waals surface area contributed by atoms with Gasteiger partial charge in [0, 0.05) is 32.8 Å². The lowest BCUT2D eigenvalue weighted by Crippen LogP contribution is -2.49. The molecule has 0 aromatic rings. The molecular formula is C18H36IN5O4. The SMILES string of the molecule is CN=C(NCC(=O)NCCOC)NC1CCC(NC(=O)OC(C)(C)C)CC1.I. The number of amides is 2. The van der Waals surface area contributed by atoms with Crippen molar-refractivity contribution in [2.45, 2.75) is 64.1 Å². The van der Waals surface area contributed by atoms with Gasteiger partial charge < -0.3 is 30.7 Å². The summed E-state index contributed by atoms with van der Waals surface area (Å²) in [4.78, 5) is 27.7. The van der Waals surface area contributed by atoms with E-state index in [-0.39, 0.29) is 54.6 Å². The van der Waals surface area contributed by atoms with Crippen molar-refractivity contribution in [1.82, 2.24) is 21.3 Å². The van der Waals surface area contributed by atoms with Crippen molar-refractivity contribution in [2.24, 2.45) is 4.99 Å². The number of rotatable bonds is 7. The van der Waals surface area contributed by atoms with Gasteiger partial charge in [-0.15, -0.1) is 24.0 Å². The van der Waals surface area contributed by atoms with E-state index in [0.717, 1.165) is 25.7 Å². The first kappa shape index (κ1) is 26.7. The van der Waals surface area contributed by atoms with E-state index in [2.05, 4.69) is 26.3 Å². The van der Waals surface area contributed by atoms with Crippen LogP contribution in [-0.2, 0) is 14.3 Å². The highest BCUT2D eigenvalue weighted by Crippen LogP contribution is 2.19. The molecule has 28 heavy (non-hydrogen) atoms. The molecule has 0 atom stereocenters. The van der Waals surface area contributed by atoms with Crippen molar-refractivity contribution >= 4 is 41.9 Å². The van der Waals surface area contributed by atoms with E-state index in [4.69, 9.17) is 9.47 Å². The fourth-order valence-electron chi connectivity index (χ4n) is 2.76. The molecule has 0 saturated heterocycles. The number of guanidine groups is 1. The molecule has 0 radical (unpaired) electrons. The van der Waals surface area contributed by atoms with Crippen molar-refractivity contribution in [2.75, 3.05) is 33.9 Å². The molecule has 1 aliphatic rings. The Morgan fingerprint density at radius 2 is 1.61 bits per heavy atom. The van der Waals surface area contributed by atoms with E-state index in [0.29, 0.717) is 19.1 Å². The highest BCUT2D eigenvalue weighted by atomic mass is 127. The van der Waals surface area contributed by atoms with Crippen LogP contribution in [0.1, 0.15) is 46.5 Å². The summed E-state index contributed by atoms with van der Waals surface area (Å²) in [5.41, 5.74) is -0.489. The van der Waals surface area contributed by atoms with Crippen molar-refractivity contribution in [3.05, 3.63) is 0 Å². The van der Waals surface area contributed by atoms with Crippen LogP contribution < -0.4 is 21.3 Å². The number of methoxy groups -OCH3 is 1. The molecule has 1 aliphatic carbocycles. The Hall–Kier alpha value is -1.30. The number of alkyl carbamates (subject to hydrolysis) is 1. The van der Waals surface area contributed by atoms with Crippen molar-refractivity contribution in [3.63, 3.8) is 0 Å². The molecule has 0 bridgehead atoms. The quantitative estimate of drug-likeness (QED) is 0.177. The molecule has 0 aliphatic heterocycles. The van der Waals surface area contributed by atoms with Gasteiger partial charge in [0.25, 0.3) is 0 Å². The van der Waals surface area contributed by atoms with E-state index in [1.165, 1.54) is 0 Å². The van der Waals surface area contributed by atoms with Crippen molar-refractivity contribution in [3.8, 4) is 0 Å². The third-order valence-corrected chi connectivity index (χ3v) is 4.06. The molecule has 4 N–H and O–H groups in total. The molecule has 0 unspecified atom stereocenters. The summed E-state index contributed by atoms with van der Waals surface area (Å²) in [5.74, 6) is 0.487. The van der Waals surface area contributed by atoms with Gasteiger partial charge in [-0.2, -0.15) is 0 Å². The van der Waals surface area contributed by atoms with Gasteiger partial charge >= 0.3 is 6.09 Å². The summed E-state index contributed by atoms with van der Waals surface area (Å²) in [5, 5.41) is 12.0. The number of aliphatic imine (C=N–C) groups is 1. The summed E-state index contributed by atoms with van der Waals surface area (Å²) >= 11 is 0. The van der Waals surface area contributed by atoms with Gasteiger partial charge in [0.2, 0.25) is 5.91 Å². The lowest BCUT2D eigenvalue weighted by Gasteiger charge is -2.31. The molecule has 2 amide bonds. The first-order valence-electron chi connectivity index (χ1n) is 9.46. The Kier molecular flexibility index (Phi) is 13.2. The fraction of sp³-hybridized carbons (Fsp3) is 0.833. The predicted molar refractivity (Wildman–Crippen MR) is 120 cm³/mol. The Morgan fingerprint density at radius 1 is 1.04 bits per heavy atom. The predicted octanol–water partition coefficient (Wildman–Crippen LogP) is 1.37. The number of ether oxygens (including phenoxy) is 2. The maximum Gasteiger partial charge on any atom is 0.407 e. The molecule has 1 rings (SSSR count). The van der Waals surface area contributed by atoms with Gasteiger partial charge in [-0.1, -0.05) is 0 Å². The average molecular weight is 513 g/mol.